The molecule has 2 fully saturated rings. The fraction of sp³-hybridized carbons (Fsp3) is 0.360. The number of nitrogens with one attached hydrogen (secondary N) is 1. The molecule has 2 bridgehead atoms. The summed E-state index contributed by atoms with van der Waals surface area (Å²) in [6.07, 6.45) is 5.50. The van der Waals surface area contributed by atoms with Crippen molar-refractivity contribution in [3.63, 3.8) is 0 Å². The Morgan fingerprint density at radius 1 is 1.24 bits per heavy atom. The minimum absolute atomic E-state index is 0.0338. The second kappa shape index (κ2) is 8.32. The molecule has 1 aromatic carbocycles. The average molecular weight is 445 g/mol. The van der Waals surface area contributed by atoms with Crippen LogP contribution in [0.4, 0.5) is 15.9 Å². The van der Waals surface area contributed by atoms with Crippen molar-refractivity contribution >= 4 is 28.3 Å². The number of benzene rings is 1. The number of aromatic nitrogens is 2. The van der Waals surface area contributed by atoms with Crippen molar-refractivity contribution < 1.29 is 9.18 Å². The summed E-state index contributed by atoms with van der Waals surface area (Å²) in [7, 11) is 0. The van der Waals surface area contributed by atoms with Gasteiger partial charge in [0.15, 0.2) is 0 Å². The van der Waals surface area contributed by atoms with Crippen LogP contribution in [0.15, 0.2) is 42.7 Å². The van der Waals surface area contributed by atoms with Crippen LogP contribution in [0.5, 0.6) is 0 Å². The summed E-state index contributed by atoms with van der Waals surface area (Å²) < 4.78 is 14.7. The lowest BCUT2D eigenvalue weighted by atomic mass is 10.0. The summed E-state index contributed by atoms with van der Waals surface area (Å²) in [6.45, 7) is 5.04. The third-order valence-corrected chi connectivity index (χ3v) is 6.77. The molecule has 33 heavy (non-hydrogen) atoms. The van der Waals surface area contributed by atoms with Crippen LogP contribution in [0.3, 0.4) is 0 Å². The molecule has 3 aromatic rings. The van der Waals surface area contributed by atoms with Gasteiger partial charge >= 0.3 is 0 Å². The van der Waals surface area contributed by atoms with Crippen LogP contribution in [-0.2, 0) is 4.79 Å². The molecule has 5 rings (SSSR count). The van der Waals surface area contributed by atoms with Crippen molar-refractivity contribution in [2.24, 2.45) is 0 Å². The summed E-state index contributed by atoms with van der Waals surface area (Å²) in [5.74, 6) is 0.495. The van der Waals surface area contributed by atoms with Gasteiger partial charge in [-0.15, -0.1) is 0 Å². The predicted molar refractivity (Wildman–Crippen MR) is 124 cm³/mol. The number of pyridine rings is 2. The van der Waals surface area contributed by atoms with Gasteiger partial charge in [-0.1, -0.05) is 12.1 Å². The number of halogens is 1. The molecule has 1 amide bonds. The molecule has 2 unspecified atom stereocenters. The second-order valence-electron chi connectivity index (χ2n) is 8.82. The van der Waals surface area contributed by atoms with E-state index < -0.39 is 5.82 Å². The number of nitriles is 1. The van der Waals surface area contributed by atoms with Crippen molar-refractivity contribution in [3.8, 4) is 6.07 Å². The molecule has 1 N–H and O–H groups in total. The van der Waals surface area contributed by atoms with Crippen LogP contribution < -0.4 is 10.2 Å². The molecule has 0 spiro atoms. The summed E-state index contributed by atoms with van der Waals surface area (Å²) in [4.78, 5) is 25.4. The van der Waals surface area contributed by atoms with Crippen LogP contribution in [0.1, 0.15) is 43.9 Å². The van der Waals surface area contributed by atoms with Gasteiger partial charge in [0.25, 0.3) is 0 Å². The smallest absolute Gasteiger partial charge is 0.220 e. The second-order valence-corrected chi connectivity index (χ2v) is 8.82. The average Bonchev–Trinajstić information content (AvgIpc) is 3.09. The molecule has 8 heteroatoms. The maximum absolute atomic E-state index is 14.7. The number of anilines is 2. The first-order valence-electron chi connectivity index (χ1n) is 11.2. The van der Waals surface area contributed by atoms with Gasteiger partial charge in [-0.05, 0) is 38.0 Å². The highest BCUT2D eigenvalue weighted by Gasteiger charge is 2.41. The first-order chi connectivity index (χ1) is 16.0. The number of nitrogens with zero attached hydrogens (tertiary/aromatic N) is 5. The summed E-state index contributed by atoms with van der Waals surface area (Å²) in [5, 5.41) is 13.4. The lowest BCUT2D eigenvalue weighted by Gasteiger charge is -2.41. The van der Waals surface area contributed by atoms with Gasteiger partial charge < -0.3 is 15.1 Å². The quantitative estimate of drug-likeness (QED) is 0.654. The molecule has 4 heterocycles. The molecule has 3 atom stereocenters. The van der Waals surface area contributed by atoms with Crippen molar-refractivity contribution in [1.29, 1.82) is 5.26 Å². The van der Waals surface area contributed by atoms with Crippen LogP contribution in [-0.4, -0.2) is 45.9 Å². The van der Waals surface area contributed by atoms with E-state index in [2.05, 4.69) is 20.2 Å². The normalized spacial score (nSPS) is 20.5. The van der Waals surface area contributed by atoms with Crippen LogP contribution >= 0.6 is 0 Å². The van der Waals surface area contributed by atoms with E-state index in [1.807, 2.05) is 30.0 Å². The molecule has 2 aliphatic heterocycles. The summed E-state index contributed by atoms with van der Waals surface area (Å²) in [5.41, 5.74) is 2.03. The fourth-order valence-corrected chi connectivity index (χ4v) is 5.22. The Morgan fingerprint density at radius 2 is 2.00 bits per heavy atom. The first-order valence-corrected chi connectivity index (χ1v) is 11.2. The SMILES string of the molecule is CC(=O)N1C2CCC1CN(c1cc3c(N[C@H](C)c4cccc(C#N)c4F)ccnc3cn1)C2. The predicted octanol–water partition coefficient (Wildman–Crippen LogP) is 4.01. The largest absolute Gasteiger partial charge is 0.378 e. The van der Waals surface area contributed by atoms with E-state index in [-0.39, 0.29) is 29.6 Å². The Hall–Kier alpha value is -3.73. The van der Waals surface area contributed by atoms with E-state index in [4.69, 9.17) is 5.26 Å². The first kappa shape index (κ1) is 21.1. The Bertz CT molecular complexity index is 1260. The van der Waals surface area contributed by atoms with Crippen LogP contribution in [0.25, 0.3) is 10.9 Å². The molecule has 0 radical (unpaired) electrons. The summed E-state index contributed by atoms with van der Waals surface area (Å²) >= 11 is 0. The third kappa shape index (κ3) is 3.74. The maximum Gasteiger partial charge on any atom is 0.220 e. The number of carbonyl (C=O) groups is 1. The number of hydrogen-bond acceptors (Lipinski definition) is 6. The van der Waals surface area contributed by atoms with Gasteiger partial charge in [0, 0.05) is 54.9 Å². The highest BCUT2D eigenvalue weighted by Crippen LogP contribution is 2.34. The van der Waals surface area contributed by atoms with E-state index in [1.165, 1.54) is 6.07 Å². The lowest BCUT2D eigenvalue weighted by molar-refractivity contribution is -0.132. The van der Waals surface area contributed by atoms with E-state index in [0.717, 1.165) is 48.3 Å². The number of rotatable bonds is 4. The number of fused-ring (bicyclic) bond motifs is 3. The highest BCUT2D eigenvalue weighted by molar-refractivity contribution is 5.92. The Kier molecular flexibility index (Phi) is 5.33. The molecule has 168 valence electrons. The van der Waals surface area contributed by atoms with Gasteiger partial charge in [-0.2, -0.15) is 5.26 Å². The van der Waals surface area contributed by atoms with E-state index >= 15 is 0 Å². The van der Waals surface area contributed by atoms with E-state index in [0.29, 0.717) is 5.56 Å². The molecule has 0 saturated carbocycles. The highest BCUT2D eigenvalue weighted by atomic mass is 19.1. The fourth-order valence-electron chi connectivity index (χ4n) is 5.22. The van der Waals surface area contributed by atoms with Gasteiger partial charge in [0.1, 0.15) is 17.7 Å². The third-order valence-electron chi connectivity index (χ3n) is 6.77. The molecule has 2 aromatic heterocycles. The van der Waals surface area contributed by atoms with Crippen molar-refractivity contribution in [1.82, 2.24) is 14.9 Å². The molecule has 2 saturated heterocycles. The molecule has 0 aliphatic carbocycles. The van der Waals surface area contributed by atoms with E-state index in [9.17, 15) is 9.18 Å². The number of amides is 1. The van der Waals surface area contributed by atoms with Gasteiger partial charge in [0.2, 0.25) is 5.91 Å². The minimum Gasteiger partial charge on any atom is -0.378 e. The molecular weight excluding hydrogens is 419 g/mol. The Morgan fingerprint density at radius 3 is 2.70 bits per heavy atom. The number of carbonyl (C=O) groups excluding carboxylic acids is 1. The maximum atomic E-state index is 14.7. The molecular formula is C25H25FN6O. The standard InChI is InChI=1S/C25H25FN6O/c1-15(20-5-3-4-17(11-27)25(20)26)30-22-8-9-28-23-12-29-24(10-21(22)23)31-13-18-6-7-19(14-31)32(18)16(2)33/h3-5,8-10,12,15,18-19H,6-7,13-14H2,1-2H3,(H,28,30)/t15-,18?,19?/m1/s1. The zero-order chi connectivity index (χ0) is 23.1. The molecule has 7 nitrogen and oxygen atoms in total. The zero-order valence-corrected chi connectivity index (χ0v) is 18.6. The number of piperazine rings is 1. The van der Waals surface area contributed by atoms with Crippen LogP contribution in [0, 0.1) is 17.1 Å². The van der Waals surface area contributed by atoms with Gasteiger partial charge in [-0.3, -0.25) is 9.78 Å². The van der Waals surface area contributed by atoms with Crippen molar-refractivity contribution in [3.05, 3.63) is 59.7 Å². The van der Waals surface area contributed by atoms with Crippen molar-refractivity contribution in [2.75, 3.05) is 23.3 Å². The number of hydrogen-bond donors (Lipinski definition) is 1. The minimum atomic E-state index is -0.500. The Labute approximate surface area is 191 Å². The summed E-state index contributed by atoms with van der Waals surface area (Å²) in [6, 6.07) is 10.7. The van der Waals surface area contributed by atoms with Gasteiger partial charge in [0.05, 0.1) is 23.3 Å². The van der Waals surface area contributed by atoms with Gasteiger partial charge in [-0.25, -0.2) is 9.37 Å². The van der Waals surface area contributed by atoms with E-state index in [1.54, 1.807) is 31.5 Å². The van der Waals surface area contributed by atoms with Crippen molar-refractivity contribution in [2.45, 2.75) is 44.8 Å². The molecule has 2 aliphatic rings. The lowest BCUT2D eigenvalue weighted by Crippen LogP contribution is -2.55. The monoisotopic (exact) mass is 444 g/mol. The topological polar surface area (TPSA) is 85.2 Å². The van der Waals surface area contributed by atoms with Crippen LogP contribution in [0.2, 0.25) is 0 Å². The Balaban J connectivity index is 1.44. The zero-order valence-electron chi connectivity index (χ0n) is 18.6.